The first kappa shape index (κ1) is 17.7. The Morgan fingerprint density at radius 3 is 2.60 bits per heavy atom. The van der Waals surface area contributed by atoms with Crippen LogP contribution in [0, 0.1) is 5.82 Å². The van der Waals surface area contributed by atoms with Gasteiger partial charge in [-0.3, -0.25) is 4.90 Å². The third-order valence-corrected chi connectivity index (χ3v) is 4.35. The number of benzene rings is 2. The monoisotopic (exact) mass is 345 g/mol. The molecule has 134 valence electrons. The molecule has 2 aromatic rings. The van der Waals surface area contributed by atoms with Crippen LogP contribution in [0.2, 0.25) is 0 Å². The first-order valence-electron chi connectivity index (χ1n) is 8.61. The zero-order valence-corrected chi connectivity index (χ0v) is 14.5. The molecular weight excluding hydrogens is 321 g/mol. The highest BCUT2D eigenvalue weighted by atomic mass is 19.1. The second kappa shape index (κ2) is 8.83. The molecule has 25 heavy (non-hydrogen) atoms. The number of nitrogens with zero attached hydrogens (tertiary/aromatic N) is 1. The van der Waals surface area contributed by atoms with E-state index < -0.39 is 0 Å². The van der Waals surface area contributed by atoms with Gasteiger partial charge in [-0.25, -0.2) is 4.39 Å². The third-order valence-electron chi connectivity index (χ3n) is 4.35. The maximum atomic E-state index is 13.5. The summed E-state index contributed by atoms with van der Waals surface area (Å²) >= 11 is 0. The largest absolute Gasteiger partial charge is 0.497 e. The third kappa shape index (κ3) is 5.18. The van der Waals surface area contributed by atoms with Gasteiger partial charge in [-0.15, -0.1) is 0 Å². The molecule has 1 aliphatic heterocycles. The highest BCUT2D eigenvalue weighted by Gasteiger charge is 2.18. The fourth-order valence-electron chi connectivity index (χ4n) is 2.96. The summed E-state index contributed by atoms with van der Waals surface area (Å²) in [5.41, 5.74) is 1.02. The molecular formula is C20H24FNO3. The van der Waals surface area contributed by atoms with Crippen molar-refractivity contribution in [2.75, 3.05) is 40.0 Å². The smallest absolute Gasteiger partial charge is 0.126 e. The van der Waals surface area contributed by atoms with Crippen molar-refractivity contribution in [3.63, 3.8) is 0 Å². The van der Waals surface area contributed by atoms with Crippen molar-refractivity contribution in [1.82, 2.24) is 4.90 Å². The molecule has 2 aromatic carbocycles. The lowest BCUT2D eigenvalue weighted by molar-refractivity contribution is 0.0317. The van der Waals surface area contributed by atoms with Gasteiger partial charge in [0.2, 0.25) is 0 Å². The van der Waals surface area contributed by atoms with Gasteiger partial charge < -0.3 is 14.2 Å². The van der Waals surface area contributed by atoms with Crippen molar-refractivity contribution in [1.29, 1.82) is 0 Å². The van der Waals surface area contributed by atoms with E-state index in [-0.39, 0.29) is 11.9 Å². The fraction of sp³-hybridized carbons (Fsp3) is 0.400. The van der Waals surface area contributed by atoms with E-state index in [1.165, 1.54) is 12.1 Å². The summed E-state index contributed by atoms with van der Waals surface area (Å²) in [5, 5.41) is 0. The van der Waals surface area contributed by atoms with E-state index in [1.807, 2.05) is 24.3 Å². The average molecular weight is 345 g/mol. The van der Waals surface area contributed by atoms with Crippen LogP contribution in [0.15, 0.2) is 48.5 Å². The van der Waals surface area contributed by atoms with E-state index >= 15 is 0 Å². The van der Waals surface area contributed by atoms with Gasteiger partial charge in [0.05, 0.1) is 20.3 Å². The van der Waals surface area contributed by atoms with Gasteiger partial charge >= 0.3 is 0 Å². The van der Waals surface area contributed by atoms with E-state index in [0.717, 1.165) is 50.6 Å². The molecule has 1 heterocycles. The lowest BCUT2D eigenvalue weighted by atomic mass is 10.1. The van der Waals surface area contributed by atoms with Crippen LogP contribution in [0.4, 0.5) is 4.39 Å². The summed E-state index contributed by atoms with van der Waals surface area (Å²) in [6.45, 7) is 4.32. The van der Waals surface area contributed by atoms with E-state index in [9.17, 15) is 4.39 Å². The van der Waals surface area contributed by atoms with Crippen molar-refractivity contribution < 1.29 is 18.6 Å². The van der Waals surface area contributed by atoms with Crippen molar-refractivity contribution in [3.8, 4) is 11.5 Å². The van der Waals surface area contributed by atoms with Crippen LogP contribution in [-0.2, 0) is 4.74 Å². The van der Waals surface area contributed by atoms with Crippen LogP contribution in [0.25, 0.3) is 0 Å². The van der Waals surface area contributed by atoms with Gasteiger partial charge in [-0.2, -0.15) is 0 Å². The van der Waals surface area contributed by atoms with Crippen LogP contribution in [0.5, 0.6) is 11.5 Å². The zero-order valence-electron chi connectivity index (χ0n) is 14.5. The molecule has 1 fully saturated rings. The van der Waals surface area contributed by atoms with Crippen molar-refractivity contribution in [2.45, 2.75) is 12.5 Å². The molecule has 3 rings (SSSR count). The maximum Gasteiger partial charge on any atom is 0.126 e. The summed E-state index contributed by atoms with van der Waals surface area (Å²) in [6.07, 6.45) is 0.642. The molecule has 4 nitrogen and oxygen atoms in total. The molecule has 0 saturated carbocycles. The molecule has 1 unspecified atom stereocenters. The molecule has 1 atom stereocenters. The molecule has 0 bridgehead atoms. The summed E-state index contributed by atoms with van der Waals surface area (Å²) in [7, 11) is 1.65. The highest BCUT2D eigenvalue weighted by molar-refractivity contribution is 5.31. The summed E-state index contributed by atoms with van der Waals surface area (Å²) in [5.74, 6) is 1.03. The van der Waals surface area contributed by atoms with Crippen LogP contribution in [0.3, 0.4) is 0 Å². The molecule has 5 heteroatoms. The van der Waals surface area contributed by atoms with E-state index in [4.69, 9.17) is 14.2 Å². The summed E-state index contributed by atoms with van der Waals surface area (Å²) in [6, 6.07) is 14.1. The van der Waals surface area contributed by atoms with Crippen LogP contribution in [-0.4, -0.2) is 44.9 Å². The van der Waals surface area contributed by atoms with Crippen LogP contribution in [0.1, 0.15) is 18.1 Å². The zero-order chi connectivity index (χ0) is 17.5. The lowest BCUT2D eigenvalue weighted by Gasteiger charge is -2.28. The second-order valence-corrected chi connectivity index (χ2v) is 6.08. The number of hydrogen-bond donors (Lipinski definition) is 0. The Morgan fingerprint density at radius 1 is 1.08 bits per heavy atom. The fourth-order valence-corrected chi connectivity index (χ4v) is 2.96. The summed E-state index contributed by atoms with van der Waals surface area (Å²) < 4.78 is 30.3. The normalized spacial score (nSPS) is 16.4. The summed E-state index contributed by atoms with van der Waals surface area (Å²) in [4.78, 5) is 2.37. The number of methoxy groups -OCH3 is 1. The number of hydrogen-bond acceptors (Lipinski definition) is 4. The molecule has 0 spiro atoms. The topological polar surface area (TPSA) is 30.9 Å². The lowest BCUT2D eigenvalue weighted by Crippen LogP contribution is -2.37. The minimum absolute atomic E-state index is 0.167. The Labute approximate surface area is 148 Å². The Hall–Kier alpha value is -2.11. The molecule has 1 aliphatic rings. The minimum atomic E-state index is -0.296. The molecule has 0 N–H and O–H groups in total. The van der Waals surface area contributed by atoms with Gasteiger partial charge in [0, 0.05) is 32.1 Å². The van der Waals surface area contributed by atoms with Gasteiger partial charge in [-0.1, -0.05) is 18.2 Å². The SMILES string of the molecule is COc1cccc(C(CCN2CCOCC2)Oc2cccc(F)c2)c1. The molecule has 0 aliphatic carbocycles. The Balaban J connectivity index is 1.74. The highest BCUT2D eigenvalue weighted by Crippen LogP contribution is 2.28. The number of halogens is 1. The van der Waals surface area contributed by atoms with Crippen LogP contribution < -0.4 is 9.47 Å². The predicted octanol–water partition coefficient (Wildman–Crippen LogP) is 3.68. The maximum absolute atomic E-state index is 13.5. The van der Waals surface area contributed by atoms with Gasteiger partial charge in [0.15, 0.2) is 0 Å². The van der Waals surface area contributed by atoms with E-state index in [2.05, 4.69) is 4.90 Å². The Kier molecular flexibility index (Phi) is 6.25. The number of morpholine rings is 1. The van der Waals surface area contributed by atoms with Crippen molar-refractivity contribution in [2.24, 2.45) is 0 Å². The molecule has 1 saturated heterocycles. The Morgan fingerprint density at radius 2 is 1.84 bits per heavy atom. The number of rotatable bonds is 7. The molecule has 0 radical (unpaired) electrons. The van der Waals surface area contributed by atoms with Crippen LogP contribution >= 0.6 is 0 Å². The van der Waals surface area contributed by atoms with Gasteiger partial charge in [-0.05, 0) is 29.8 Å². The van der Waals surface area contributed by atoms with Crippen molar-refractivity contribution in [3.05, 3.63) is 59.9 Å². The predicted molar refractivity (Wildman–Crippen MR) is 94.6 cm³/mol. The van der Waals surface area contributed by atoms with Gasteiger partial charge in [0.25, 0.3) is 0 Å². The van der Waals surface area contributed by atoms with Crippen molar-refractivity contribution >= 4 is 0 Å². The standard InChI is InChI=1S/C20H24FNO3/c1-23-18-6-2-4-16(14-18)20(8-9-22-10-12-24-13-11-22)25-19-7-3-5-17(21)15-19/h2-7,14-15,20H,8-13H2,1H3. The quantitative estimate of drug-likeness (QED) is 0.766. The molecule has 0 amide bonds. The minimum Gasteiger partial charge on any atom is -0.497 e. The van der Waals surface area contributed by atoms with Gasteiger partial charge in [0.1, 0.15) is 23.4 Å². The van der Waals surface area contributed by atoms with E-state index in [1.54, 1.807) is 19.2 Å². The van der Waals surface area contributed by atoms with E-state index in [0.29, 0.717) is 5.75 Å². The average Bonchev–Trinajstić information content (AvgIpc) is 2.66. The molecule has 0 aromatic heterocycles. The first-order valence-corrected chi connectivity index (χ1v) is 8.61. The Bertz CT molecular complexity index is 673. The first-order chi connectivity index (χ1) is 12.2. The number of ether oxygens (including phenoxy) is 3. The second-order valence-electron chi connectivity index (χ2n) is 6.08.